The number of nitrogens with zero attached hydrogens (tertiary/aromatic N) is 1. The Morgan fingerprint density at radius 2 is 2.36 bits per heavy atom. The van der Waals surface area contributed by atoms with Gasteiger partial charge in [-0.15, -0.1) is 0 Å². The Kier molecular flexibility index (Phi) is 1.47. The van der Waals surface area contributed by atoms with Gasteiger partial charge >= 0.3 is 0 Å². The third-order valence-corrected chi connectivity index (χ3v) is 2.48. The number of H-pyrrole nitrogens is 1. The monoisotopic (exact) mass is 182 g/mol. The van der Waals surface area contributed by atoms with Gasteiger partial charge in [0.1, 0.15) is 5.65 Å². The van der Waals surface area contributed by atoms with Crippen LogP contribution in [0.2, 0.25) is 5.02 Å². The van der Waals surface area contributed by atoms with Gasteiger partial charge in [0.25, 0.3) is 0 Å². The summed E-state index contributed by atoms with van der Waals surface area (Å²) >= 11 is 5.89. The number of pyridine rings is 1. The normalized spacial score (nSPS) is 11.0. The largest absolute Gasteiger partial charge is 0.345 e. The summed E-state index contributed by atoms with van der Waals surface area (Å²) in [6.07, 6.45) is 3.64. The Morgan fingerprint density at radius 3 is 3.18 bits per heavy atom. The third-order valence-electron chi connectivity index (χ3n) is 1.62. The molecule has 0 atom stereocenters. The first kappa shape index (κ1) is 6.88. The zero-order valence-electron chi connectivity index (χ0n) is 6.06. The van der Waals surface area contributed by atoms with Crippen molar-refractivity contribution in [2.75, 3.05) is 0 Å². The van der Waals surface area contributed by atoms with E-state index < -0.39 is 0 Å². The maximum atomic E-state index is 5.89. The van der Waals surface area contributed by atoms with Crippen LogP contribution in [0.3, 0.4) is 0 Å². The van der Waals surface area contributed by atoms with Crippen LogP contribution in [0, 0.1) is 0 Å². The summed E-state index contributed by atoms with van der Waals surface area (Å²) in [5.74, 6) is 0. The molecule has 0 radical (unpaired) electrons. The minimum absolute atomic E-state index is 0.755. The van der Waals surface area contributed by atoms with Crippen LogP contribution in [0.5, 0.6) is 0 Å². The van der Waals surface area contributed by atoms with Crippen LogP contribution in [0.25, 0.3) is 11.0 Å². The van der Waals surface area contributed by atoms with Crippen molar-refractivity contribution in [3.63, 3.8) is 0 Å². The number of hydrogen-bond acceptors (Lipinski definition) is 1. The Balaban J connectivity index is 2.87. The maximum absolute atomic E-state index is 5.89. The van der Waals surface area contributed by atoms with E-state index in [4.69, 9.17) is 11.6 Å². The predicted octanol–water partition coefficient (Wildman–Crippen LogP) is 0.207. The van der Waals surface area contributed by atoms with Gasteiger partial charge in [0.15, 0.2) is 0 Å². The van der Waals surface area contributed by atoms with Crippen LogP contribution >= 0.6 is 11.6 Å². The number of aromatic amines is 1. The Bertz CT molecular complexity index is 396. The maximum Gasteiger partial charge on any atom is 0.138 e. The fourth-order valence-corrected chi connectivity index (χ4v) is 1.69. The lowest BCUT2D eigenvalue weighted by Gasteiger charge is -1.91. The van der Waals surface area contributed by atoms with Gasteiger partial charge in [-0.1, -0.05) is 16.8 Å². The van der Waals surface area contributed by atoms with Gasteiger partial charge in [0.05, 0.1) is 5.02 Å². The highest BCUT2D eigenvalue weighted by molar-refractivity contribution is 6.37. The highest BCUT2D eigenvalue weighted by Crippen LogP contribution is 2.19. The first-order chi connectivity index (χ1) is 5.27. The molecule has 2 nitrogen and oxygen atoms in total. The summed E-state index contributed by atoms with van der Waals surface area (Å²) in [7, 11) is 1.02. The fraction of sp³-hybridized carbons (Fsp3) is 0. The van der Waals surface area contributed by atoms with E-state index in [0.717, 1.165) is 26.3 Å². The average molecular weight is 183 g/mol. The lowest BCUT2D eigenvalue weighted by molar-refractivity contribution is 1.34. The van der Waals surface area contributed by atoms with Crippen molar-refractivity contribution < 1.29 is 0 Å². The van der Waals surface area contributed by atoms with E-state index >= 15 is 0 Å². The highest BCUT2D eigenvalue weighted by atomic mass is 35.5. The van der Waals surface area contributed by atoms with Crippen molar-refractivity contribution in [3.8, 4) is 0 Å². The first-order valence-corrected chi connectivity index (χ1v) is 4.74. The molecule has 0 spiro atoms. The van der Waals surface area contributed by atoms with Crippen molar-refractivity contribution in [2.45, 2.75) is 0 Å². The summed E-state index contributed by atoms with van der Waals surface area (Å²) < 4.78 is 0. The van der Waals surface area contributed by atoms with Crippen LogP contribution in [-0.2, 0) is 0 Å². The lowest BCUT2D eigenvalue weighted by Crippen LogP contribution is -2.01. The molecule has 0 aliphatic carbocycles. The molecular weight excluding hydrogens is 176 g/mol. The molecule has 0 aromatic carbocycles. The zero-order chi connectivity index (χ0) is 7.84. The SMILES string of the molecule is [SiH3]c1cnc2[nH]cc(Cl)c2c1. The van der Waals surface area contributed by atoms with Gasteiger partial charge in [-0.2, -0.15) is 0 Å². The van der Waals surface area contributed by atoms with Crippen molar-refractivity contribution in [1.29, 1.82) is 0 Å². The average Bonchev–Trinajstić information content (AvgIpc) is 2.33. The van der Waals surface area contributed by atoms with Crippen molar-refractivity contribution in [2.24, 2.45) is 0 Å². The first-order valence-electron chi connectivity index (χ1n) is 3.36. The van der Waals surface area contributed by atoms with Crippen LogP contribution in [0.15, 0.2) is 18.5 Å². The Labute approximate surface area is 72.0 Å². The molecule has 2 aromatic rings. The number of fused-ring (bicyclic) bond motifs is 1. The molecule has 11 heavy (non-hydrogen) atoms. The standard InChI is InChI=1S/C7H7ClN2Si/c8-6-3-10-7-5(6)1-4(11)2-9-7/h1-3H,11H3,(H,9,10). The van der Waals surface area contributed by atoms with Gasteiger partial charge in [0.2, 0.25) is 0 Å². The second kappa shape index (κ2) is 2.36. The molecule has 56 valence electrons. The summed E-state index contributed by atoms with van der Waals surface area (Å²) in [5.41, 5.74) is 0.870. The van der Waals surface area contributed by atoms with E-state index in [1.807, 2.05) is 6.20 Å². The molecule has 0 bridgehead atoms. The fourth-order valence-electron chi connectivity index (χ4n) is 1.08. The smallest absolute Gasteiger partial charge is 0.138 e. The summed E-state index contributed by atoms with van der Waals surface area (Å²) in [6.45, 7) is 0. The number of rotatable bonds is 0. The quantitative estimate of drug-likeness (QED) is 0.580. The molecule has 4 heteroatoms. The number of aromatic nitrogens is 2. The second-order valence-electron chi connectivity index (χ2n) is 2.55. The molecule has 0 aliphatic heterocycles. The van der Waals surface area contributed by atoms with Crippen LogP contribution in [-0.4, -0.2) is 20.2 Å². The van der Waals surface area contributed by atoms with Gasteiger partial charge in [-0.3, -0.25) is 0 Å². The zero-order valence-corrected chi connectivity index (χ0v) is 8.81. The molecule has 0 amide bonds. The van der Waals surface area contributed by atoms with Crippen molar-refractivity contribution in [3.05, 3.63) is 23.5 Å². The van der Waals surface area contributed by atoms with Crippen LogP contribution in [0.1, 0.15) is 0 Å². The molecule has 0 saturated carbocycles. The molecule has 0 saturated heterocycles. The molecule has 2 aromatic heterocycles. The van der Waals surface area contributed by atoms with Crippen molar-refractivity contribution >= 4 is 38.1 Å². The number of nitrogens with one attached hydrogen (secondary N) is 1. The van der Waals surface area contributed by atoms with E-state index in [-0.39, 0.29) is 0 Å². The van der Waals surface area contributed by atoms with Gasteiger partial charge in [0, 0.05) is 28.0 Å². The van der Waals surface area contributed by atoms with Crippen molar-refractivity contribution in [1.82, 2.24) is 9.97 Å². The van der Waals surface area contributed by atoms with Gasteiger partial charge in [-0.05, 0) is 6.07 Å². The summed E-state index contributed by atoms with van der Waals surface area (Å²) in [5, 5.41) is 3.04. The van der Waals surface area contributed by atoms with Gasteiger partial charge < -0.3 is 4.98 Å². The molecule has 2 heterocycles. The summed E-state index contributed by atoms with van der Waals surface area (Å²) in [6, 6.07) is 2.08. The van der Waals surface area contributed by atoms with E-state index in [0.29, 0.717) is 0 Å². The molecular formula is C7H7ClN2Si. The Hall–Kier alpha value is -0.803. The van der Waals surface area contributed by atoms with E-state index in [9.17, 15) is 0 Å². The number of hydrogen-bond donors (Lipinski definition) is 1. The predicted molar refractivity (Wildman–Crippen MR) is 50.7 cm³/mol. The lowest BCUT2D eigenvalue weighted by atomic mass is 10.3. The molecule has 2 rings (SSSR count). The van der Waals surface area contributed by atoms with E-state index in [1.54, 1.807) is 6.20 Å². The van der Waals surface area contributed by atoms with E-state index in [2.05, 4.69) is 16.0 Å². The van der Waals surface area contributed by atoms with Crippen LogP contribution in [0.4, 0.5) is 0 Å². The minimum atomic E-state index is 0.755. The third kappa shape index (κ3) is 1.06. The van der Waals surface area contributed by atoms with E-state index in [1.165, 1.54) is 5.19 Å². The molecule has 0 aliphatic rings. The molecule has 1 N–H and O–H groups in total. The topological polar surface area (TPSA) is 28.7 Å². The Morgan fingerprint density at radius 1 is 1.55 bits per heavy atom. The second-order valence-corrected chi connectivity index (χ2v) is 4.11. The molecule has 0 fully saturated rings. The molecule has 0 unspecified atom stereocenters. The highest BCUT2D eigenvalue weighted by Gasteiger charge is 2.00. The number of halogens is 1. The minimum Gasteiger partial charge on any atom is -0.345 e. The summed E-state index contributed by atoms with van der Waals surface area (Å²) in [4.78, 5) is 7.18. The van der Waals surface area contributed by atoms with Gasteiger partial charge in [-0.25, -0.2) is 4.98 Å². The van der Waals surface area contributed by atoms with Crippen LogP contribution < -0.4 is 5.19 Å².